The monoisotopic (exact) mass is 237 g/mol. The van der Waals surface area contributed by atoms with Gasteiger partial charge in [-0.15, -0.1) is 0 Å². The number of hydrogen-bond donors (Lipinski definition) is 2. The second-order valence-corrected chi connectivity index (χ2v) is 3.72. The fourth-order valence-corrected chi connectivity index (χ4v) is 1.32. The molecule has 5 heteroatoms. The molecule has 0 aliphatic rings. The largest absolute Gasteiger partial charge is 0.323 e. The molecule has 0 heterocycles. The molecule has 1 amide bonds. The SMILES string of the molecule is CC[C@@H](N)C(=O)Nc1ccc(C#N)cc1Cl. The van der Waals surface area contributed by atoms with Crippen molar-refractivity contribution < 1.29 is 4.79 Å². The molecule has 1 rings (SSSR count). The topological polar surface area (TPSA) is 78.9 Å². The molecule has 0 unspecified atom stereocenters. The van der Waals surface area contributed by atoms with Crippen LogP contribution in [0.2, 0.25) is 5.02 Å². The van der Waals surface area contributed by atoms with Gasteiger partial charge in [-0.05, 0) is 24.6 Å². The number of nitrogens with one attached hydrogen (secondary N) is 1. The third-order valence-corrected chi connectivity index (χ3v) is 2.45. The van der Waals surface area contributed by atoms with Crippen LogP contribution < -0.4 is 11.1 Å². The van der Waals surface area contributed by atoms with Gasteiger partial charge < -0.3 is 11.1 Å². The van der Waals surface area contributed by atoms with Gasteiger partial charge in [0.25, 0.3) is 0 Å². The van der Waals surface area contributed by atoms with E-state index in [1.54, 1.807) is 12.1 Å². The lowest BCUT2D eigenvalue weighted by Crippen LogP contribution is -2.34. The zero-order valence-electron chi connectivity index (χ0n) is 8.83. The van der Waals surface area contributed by atoms with Gasteiger partial charge in [-0.1, -0.05) is 18.5 Å². The van der Waals surface area contributed by atoms with Crippen molar-refractivity contribution in [3.63, 3.8) is 0 Å². The van der Waals surface area contributed by atoms with Crippen molar-refractivity contribution in [3.05, 3.63) is 28.8 Å². The number of carbonyl (C=O) groups is 1. The van der Waals surface area contributed by atoms with Crippen molar-refractivity contribution in [2.45, 2.75) is 19.4 Å². The predicted molar refractivity (Wildman–Crippen MR) is 63.1 cm³/mol. The summed E-state index contributed by atoms with van der Waals surface area (Å²) in [5, 5.41) is 11.6. The Bertz CT molecular complexity index is 439. The standard InChI is InChI=1S/C11H12ClN3O/c1-2-9(14)11(16)15-10-4-3-7(6-13)5-8(10)12/h3-5,9H,2,14H2,1H3,(H,15,16)/t9-/m1/s1. The van der Waals surface area contributed by atoms with Gasteiger partial charge in [0.05, 0.1) is 28.4 Å². The van der Waals surface area contributed by atoms with Crippen LogP contribution in [0.4, 0.5) is 5.69 Å². The Kier molecular flexibility index (Phi) is 4.29. The molecule has 0 spiro atoms. The van der Waals surface area contributed by atoms with Crippen LogP contribution in [0.5, 0.6) is 0 Å². The van der Waals surface area contributed by atoms with Crippen LogP contribution in [0.25, 0.3) is 0 Å². The summed E-state index contributed by atoms with van der Waals surface area (Å²) < 4.78 is 0. The molecule has 1 aromatic rings. The number of nitrogens with two attached hydrogens (primary N) is 1. The molecule has 0 aliphatic carbocycles. The summed E-state index contributed by atoms with van der Waals surface area (Å²) >= 11 is 5.89. The smallest absolute Gasteiger partial charge is 0.241 e. The molecule has 4 nitrogen and oxygen atoms in total. The maximum absolute atomic E-state index is 11.5. The number of amides is 1. The van der Waals surface area contributed by atoms with Crippen molar-refractivity contribution in [1.29, 1.82) is 5.26 Å². The molecule has 0 bridgehead atoms. The number of halogens is 1. The second-order valence-electron chi connectivity index (χ2n) is 3.31. The van der Waals surface area contributed by atoms with Gasteiger partial charge in [-0.25, -0.2) is 0 Å². The average Bonchev–Trinajstić information content (AvgIpc) is 2.30. The van der Waals surface area contributed by atoms with Crippen molar-refractivity contribution in [1.82, 2.24) is 0 Å². The predicted octanol–water partition coefficient (Wildman–Crippen LogP) is 1.89. The zero-order chi connectivity index (χ0) is 12.1. The Morgan fingerprint density at radius 1 is 1.69 bits per heavy atom. The zero-order valence-corrected chi connectivity index (χ0v) is 9.58. The summed E-state index contributed by atoms with van der Waals surface area (Å²) in [6, 6.07) is 6.07. The van der Waals surface area contributed by atoms with Crippen molar-refractivity contribution in [2.75, 3.05) is 5.32 Å². The first-order valence-corrected chi connectivity index (χ1v) is 5.22. The van der Waals surface area contributed by atoms with Gasteiger partial charge in [-0.3, -0.25) is 4.79 Å². The Balaban J connectivity index is 2.83. The lowest BCUT2D eigenvalue weighted by atomic mass is 10.2. The van der Waals surface area contributed by atoms with Crippen molar-refractivity contribution in [3.8, 4) is 6.07 Å². The van der Waals surface area contributed by atoms with Gasteiger partial charge in [0.1, 0.15) is 0 Å². The highest BCUT2D eigenvalue weighted by Crippen LogP contribution is 2.22. The van der Waals surface area contributed by atoms with Crippen molar-refractivity contribution >= 4 is 23.2 Å². The fraction of sp³-hybridized carbons (Fsp3) is 0.273. The van der Waals surface area contributed by atoms with Crippen LogP contribution in [0, 0.1) is 11.3 Å². The molecule has 3 N–H and O–H groups in total. The van der Waals surface area contributed by atoms with Crippen LogP contribution in [-0.2, 0) is 4.79 Å². The Morgan fingerprint density at radius 2 is 2.38 bits per heavy atom. The molecule has 0 saturated carbocycles. The van der Waals surface area contributed by atoms with Crippen molar-refractivity contribution in [2.24, 2.45) is 5.73 Å². The van der Waals surface area contributed by atoms with E-state index in [-0.39, 0.29) is 5.91 Å². The maximum atomic E-state index is 11.5. The molecule has 0 aromatic heterocycles. The molecule has 0 saturated heterocycles. The van der Waals surface area contributed by atoms with Gasteiger partial charge in [0.2, 0.25) is 5.91 Å². The minimum absolute atomic E-state index is 0.283. The third-order valence-electron chi connectivity index (χ3n) is 2.13. The highest BCUT2D eigenvalue weighted by atomic mass is 35.5. The van der Waals surface area contributed by atoms with Crippen LogP contribution in [0.3, 0.4) is 0 Å². The summed E-state index contributed by atoms with van der Waals surface area (Å²) in [5.74, 6) is -0.283. The summed E-state index contributed by atoms with van der Waals surface area (Å²) in [7, 11) is 0. The molecule has 0 radical (unpaired) electrons. The molecular formula is C11H12ClN3O. The van der Waals surface area contributed by atoms with E-state index in [4.69, 9.17) is 22.6 Å². The summed E-state index contributed by atoms with van der Waals surface area (Å²) in [4.78, 5) is 11.5. The van der Waals surface area contributed by atoms with Crippen LogP contribution >= 0.6 is 11.6 Å². The normalized spacial score (nSPS) is 11.6. The van der Waals surface area contributed by atoms with Crippen LogP contribution in [-0.4, -0.2) is 11.9 Å². The Hall–Kier alpha value is -1.57. The Morgan fingerprint density at radius 3 is 2.88 bits per heavy atom. The highest BCUT2D eigenvalue weighted by molar-refractivity contribution is 6.33. The summed E-state index contributed by atoms with van der Waals surface area (Å²) in [6.45, 7) is 1.82. The third kappa shape index (κ3) is 2.96. The molecular weight excluding hydrogens is 226 g/mol. The van der Waals surface area contributed by atoms with E-state index in [2.05, 4.69) is 5.32 Å². The van der Waals surface area contributed by atoms with Gasteiger partial charge in [0.15, 0.2) is 0 Å². The number of nitrogens with zero attached hydrogens (tertiary/aromatic N) is 1. The molecule has 1 atom stereocenters. The van der Waals surface area contributed by atoms with E-state index >= 15 is 0 Å². The first-order valence-electron chi connectivity index (χ1n) is 4.84. The van der Waals surface area contributed by atoms with Gasteiger partial charge in [-0.2, -0.15) is 5.26 Å². The number of anilines is 1. The summed E-state index contributed by atoms with van der Waals surface area (Å²) in [5.41, 5.74) is 6.48. The first kappa shape index (κ1) is 12.5. The number of nitriles is 1. The maximum Gasteiger partial charge on any atom is 0.241 e. The van der Waals surface area contributed by atoms with E-state index in [9.17, 15) is 4.79 Å². The van der Waals surface area contributed by atoms with Gasteiger partial charge >= 0.3 is 0 Å². The van der Waals surface area contributed by atoms with Crippen LogP contribution in [0.15, 0.2) is 18.2 Å². The molecule has 84 valence electrons. The number of carbonyl (C=O) groups excluding carboxylic acids is 1. The molecule has 16 heavy (non-hydrogen) atoms. The quantitative estimate of drug-likeness (QED) is 0.843. The highest BCUT2D eigenvalue weighted by Gasteiger charge is 2.12. The van der Waals surface area contributed by atoms with E-state index in [1.165, 1.54) is 6.07 Å². The van der Waals surface area contributed by atoms with Gasteiger partial charge in [0, 0.05) is 0 Å². The number of benzene rings is 1. The fourth-order valence-electron chi connectivity index (χ4n) is 1.10. The second kappa shape index (κ2) is 5.50. The minimum atomic E-state index is -0.549. The molecule has 0 aliphatic heterocycles. The van der Waals surface area contributed by atoms with Crippen LogP contribution in [0.1, 0.15) is 18.9 Å². The first-order chi connectivity index (χ1) is 7.58. The lowest BCUT2D eigenvalue weighted by molar-refractivity contribution is -0.117. The van der Waals surface area contributed by atoms with E-state index < -0.39 is 6.04 Å². The van der Waals surface area contributed by atoms with E-state index in [0.717, 1.165) is 0 Å². The van der Waals surface area contributed by atoms with E-state index in [0.29, 0.717) is 22.7 Å². The number of hydrogen-bond acceptors (Lipinski definition) is 3. The average molecular weight is 238 g/mol. The Labute approximate surface area is 99.0 Å². The van der Waals surface area contributed by atoms with E-state index in [1.807, 2.05) is 13.0 Å². The lowest BCUT2D eigenvalue weighted by Gasteiger charge is -2.11. The molecule has 1 aromatic carbocycles. The minimum Gasteiger partial charge on any atom is -0.323 e. The molecule has 0 fully saturated rings. The number of rotatable bonds is 3. The summed E-state index contributed by atoms with van der Waals surface area (Å²) in [6.07, 6.45) is 0.555.